The third kappa shape index (κ3) is 13.2. The van der Waals surface area contributed by atoms with E-state index in [9.17, 15) is 39.0 Å². The summed E-state index contributed by atoms with van der Waals surface area (Å²) in [5.41, 5.74) is 0.693. The molecular weight excluding hydrogens is 620 g/mol. The number of aliphatic hydroxyl groups excluding tert-OH is 1. The fourth-order valence-electron chi connectivity index (χ4n) is 5.42. The monoisotopic (exact) mass is 674 g/mol. The molecule has 5 amide bonds. The van der Waals surface area contributed by atoms with Crippen molar-refractivity contribution in [2.24, 2.45) is 17.8 Å². The molecule has 2 rings (SSSR count). The second kappa shape index (κ2) is 19.7. The lowest BCUT2D eigenvalue weighted by Crippen LogP contribution is -2.60. The molecule has 0 aromatic heterocycles. The van der Waals surface area contributed by atoms with Crippen LogP contribution in [0.1, 0.15) is 72.8 Å². The Morgan fingerprint density at radius 2 is 1.23 bits per heavy atom. The Hall–Kier alpha value is -4.04. The smallest absolute Gasteiger partial charge is 0.326 e. The van der Waals surface area contributed by atoms with E-state index in [4.69, 9.17) is 0 Å². The highest BCUT2D eigenvalue weighted by atomic mass is 16.4. The molecule has 14 nitrogen and oxygen atoms in total. The maximum absolute atomic E-state index is 13.7. The van der Waals surface area contributed by atoms with Gasteiger partial charge in [-0.05, 0) is 55.5 Å². The van der Waals surface area contributed by atoms with Crippen LogP contribution < -0.4 is 31.9 Å². The zero-order chi connectivity index (χ0) is 36.0. The van der Waals surface area contributed by atoms with Gasteiger partial charge in [0, 0.05) is 6.42 Å². The molecule has 0 bridgehead atoms. The van der Waals surface area contributed by atoms with Crippen LogP contribution in [0.5, 0.6) is 0 Å². The third-order valence-corrected chi connectivity index (χ3v) is 8.02. The summed E-state index contributed by atoms with van der Waals surface area (Å²) < 4.78 is 0. The molecule has 6 atom stereocenters. The van der Waals surface area contributed by atoms with Crippen LogP contribution >= 0.6 is 0 Å². The number of nitrogens with one attached hydrogen (secondary N) is 6. The lowest BCUT2D eigenvalue weighted by Gasteiger charge is -2.28. The molecule has 1 saturated heterocycles. The number of hydrogen-bond acceptors (Lipinski definition) is 8. The molecule has 268 valence electrons. The van der Waals surface area contributed by atoms with Crippen molar-refractivity contribution in [3.05, 3.63) is 35.9 Å². The number of amides is 5. The minimum Gasteiger partial charge on any atom is -0.480 e. The maximum atomic E-state index is 13.7. The van der Waals surface area contributed by atoms with Gasteiger partial charge in [0.05, 0.1) is 12.6 Å². The van der Waals surface area contributed by atoms with Crippen LogP contribution in [0.3, 0.4) is 0 Å². The average Bonchev–Trinajstić information content (AvgIpc) is 3.56. The topological polar surface area (TPSA) is 215 Å². The summed E-state index contributed by atoms with van der Waals surface area (Å²) in [7, 11) is 0. The van der Waals surface area contributed by atoms with Gasteiger partial charge >= 0.3 is 5.97 Å². The first-order valence-corrected chi connectivity index (χ1v) is 16.8. The molecule has 8 N–H and O–H groups in total. The van der Waals surface area contributed by atoms with Crippen molar-refractivity contribution in [3.8, 4) is 0 Å². The first-order chi connectivity index (χ1) is 22.6. The number of carbonyl (C=O) groups is 6. The summed E-state index contributed by atoms with van der Waals surface area (Å²) >= 11 is 0. The van der Waals surface area contributed by atoms with E-state index < -0.39 is 78.4 Å². The Morgan fingerprint density at radius 1 is 0.729 bits per heavy atom. The number of rotatable bonds is 19. The zero-order valence-corrected chi connectivity index (χ0v) is 28.9. The molecule has 48 heavy (non-hydrogen) atoms. The number of carboxylic acid groups (broad SMARTS) is 1. The summed E-state index contributed by atoms with van der Waals surface area (Å²) in [6.45, 7) is 10.7. The van der Waals surface area contributed by atoms with Gasteiger partial charge in [-0.3, -0.25) is 24.0 Å². The van der Waals surface area contributed by atoms with Gasteiger partial charge in [-0.2, -0.15) is 0 Å². The van der Waals surface area contributed by atoms with Crippen molar-refractivity contribution >= 4 is 35.5 Å². The van der Waals surface area contributed by atoms with Gasteiger partial charge in [0.1, 0.15) is 30.2 Å². The molecule has 1 aliphatic rings. The van der Waals surface area contributed by atoms with E-state index in [-0.39, 0.29) is 30.6 Å². The van der Waals surface area contributed by atoms with Gasteiger partial charge in [0.25, 0.3) is 0 Å². The van der Waals surface area contributed by atoms with Gasteiger partial charge < -0.3 is 42.1 Å². The molecule has 1 fully saturated rings. The quantitative estimate of drug-likeness (QED) is 0.101. The van der Waals surface area contributed by atoms with Crippen molar-refractivity contribution in [2.45, 2.75) is 110 Å². The lowest BCUT2D eigenvalue weighted by molar-refractivity contribution is -0.143. The number of hydrogen-bond donors (Lipinski definition) is 8. The standard InChI is InChI=1S/C34H54N6O8/c1-19(2)15-24(36-29(42)23-13-10-14-35-23)30(43)39-27(18-41)33(46)38-26(17-22-11-8-7-9-12-22)31(44)37-25(16-20(3)4)32(45)40-28(21(5)6)34(47)48/h7-9,11-12,19-21,23-28,35,41H,10,13-18H2,1-6H3,(H,36,42)(H,37,44)(H,38,46)(H,39,43)(H,40,45)(H,47,48)/t23-,24-,25-,26-,27-,28-/m0/s1. The van der Waals surface area contributed by atoms with Gasteiger partial charge in [-0.15, -0.1) is 0 Å². The van der Waals surface area contributed by atoms with Crippen molar-refractivity contribution in [3.63, 3.8) is 0 Å². The Labute approximate surface area is 283 Å². The summed E-state index contributed by atoms with van der Waals surface area (Å²) in [6, 6.07) is 2.52. The minimum absolute atomic E-state index is 0.0185. The highest BCUT2D eigenvalue weighted by Crippen LogP contribution is 2.12. The Kier molecular flexibility index (Phi) is 16.5. The Balaban J connectivity index is 2.25. The number of aliphatic hydroxyl groups is 1. The van der Waals surface area contributed by atoms with E-state index in [1.807, 2.05) is 27.7 Å². The molecule has 1 aromatic carbocycles. The van der Waals surface area contributed by atoms with E-state index in [0.717, 1.165) is 6.42 Å². The molecular formula is C34H54N6O8. The number of aliphatic carboxylic acids is 1. The minimum atomic E-state index is -1.45. The van der Waals surface area contributed by atoms with E-state index in [0.29, 0.717) is 24.9 Å². The fourth-order valence-corrected chi connectivity index (χ4v) is 5.42. The van der Waals surface area contributed by atoms with E-state index >= 15 is 0 Å². The molecule has 1 aromatic rings. The van der Waals surface area contributed by atoms with Gasteiger partial charge in [0.2, 0.25) is 29.5 Å². The largest absolute Gasteiger partial charge is 0.480 e. The van der Waals surface area contributed by atoms with Crippen molar-refractivity contribution in [1.29, 1.82) is 0 Å². The van der Waals surface area contributed by atoms with Crippen molar-refractivity contribution in [1.82, 2.24) is 31.9 Å². The van der Waals surface area contributed by atoms with Crippen molar-refractivity contribution in [2.75, 3.05) is 13.2 Å². The normalized spacial score (nSPS) is 17.6. The van der Waals surface area contributed by atoms with Crippen LogP contribution in [-0.4, -0.2) is 95.1 Å². The molecule has 0 aliphatic carbocycles. The van der Waals surface area contributed by atoms with Crippen LogP contribution in [0.25, 0.3) is 0 Å². The van der Waals surface area contributed by atoms with E-state index in [1.165, 1.54) is 0 Å². The second-order valence-electron chi connectivity index (χ2n) is 13.6. The molecule has 0 spiro atoms. The summed E-state index contributed by atoms with van der Waals surface area (Å²) in [5, 5.41) is 35.9. The molecule has 14 heteroatoms. The maximum Gasteiger partial charge on any atom is 0.326 e. The number of carbonyl (C=O) groups excluding carboxylic acids is 5. The average molecular weight is 675 g/mol. The molecule has 0 saturated carbocycles. The lowest BCUT2D eigenvalue weighted by atomic mass is 9.99. The van der Waals surface area contributed by atoms with Crippen LogP contribution in [-0.2, 0) is 35.2 Å². The van der Waals surface area contributed by atoms with E-state index in [1.54, 1.807) is 44.2 Å². The molecule has 1 heterocycles. The Bertz CT molecular complexity index is 1240. The molecule has 0 unspecified atom stereocenters. The summed E-state index contributed by atoms with van der Waals surface area (Å²) in [6.07, 6.45) is 1.99. The van der Waals surface area contributed by atoms with Gasteiger partial charge in [-0.25, -0.2) is 4.79 Å². The second-order valence-corrected chi connectivity index (χ2v) is 13.6. The van der Waals surface area contributed by atoms with E-state index in [2.05, 4.69) is 31.9 Å². The van der Waals surface area contributed by atoms with Crippen LogP contribution in [0.4, 0.5) is 0 Å². The van der Waals surface area contributed by atoms with Crippen LogP contribution in [0.2, 0.25) is 0 Å². The molecule has 1 aliphatic heterocycles. The first-order valence-electron chi connectivity index (χ1n) is 16.8. The third-order valence-electron chi connectivity index (χ3n) is 8.02. The summed E-state index contributed by atoms with van der Waals surface area (Å²) in [4.78, 5) is 78.2. The Morgan fingerprint density at radius 3 is 1.73 bits per heavy atom. The number of benzene rings is 1. The summed E-state index contributed by atoms with van der Waals surface area (Å²) in [5.74, 6) is -4.83. The zero-order valence-electron chi connectivity index (χ0n) is 28.9. The van der Waals surface area contributed by atoms with Gasteiger partial charge in [0.15, 0.2) is 0 Å². The SMILES string of the molecule is CC(C)C[C@H](NC(=O)[C@@H]1CCCN1)C(=O)N[C@@H](CO)C(=O)N[C@@H](Cc1ccccc1)C(=O)N[C@@H](CC(C)C)C(=O)N[C@H](C(=O)O)C(C)C. The fraction of sp³-hybridized carbons (Fsp3) is 0.647. The highest BCUT2D eigenvalue weighted by molar-refractivity contribution is 5.96. The van der Waals surface area contributed by atoms with Crippen molar-refractivity contribution < 1.29 is 39.0 Å². The highest BCUT2D eigenvalue weighted by Gasteiger charge is 2.34. The predicted octanol–water partition coefficient (Wildman–Crippen LogP) is 0.230. The van der Waals surface area contributed by atoms with Crippen LogP contribution in [0, 0.1) is 17.8 Å². The first kappa shape index (κ1) is 40.1. The van der Waals surface area contributed by atoms with Crippen LogP contribution in [0.15, 0.2) is 30.3 Å². The predicted molar refractivity (Wildman–Crippen MR) is 179 cm³/mol. The number of carboxylic acids is 1. The van der Waals surface area contributed by atoms with Gasteiger partial charge in [-0.1, -0.05) is 71.9 Å². The molecule has 0 radical (unpaired) electrons.